The van der Waals surface area contributed by atoms with E-state index in [1.54, 1.807) is 18.2 Å². The predicted molar refractivity (Wildman–Crippen MR) is 128 cm³/mol. The average molecular weight is 498 g/mol. The molecule has 0 saturated carbocycles. The van der Waals surface area contributed by atoms with E-state index in [1.165, 1.54) is 0 Å². The van der Waals surface area contributed by atoms with Crippen molar-refractivity contribution in [2.24, 2.45) is 0 Å². The van der Waals surface area contributed by atoms with Crippen molar-refractivity contribution in [2.75, 3.05) is 6.61 Å². The molecule has 2 amide bonds. The van der Waals surface area contributed by atoms with Crippen LogP contribution in [0.5, 0.6) is 5.75 Å². The fraction of sp³-hybridized carbons (Fsp3) is 0.0870. The van der Waals surface area contributed by atoms with Gasteiger partial charge in [0.2, 0.25) is 0 Å². The largest absolute Gasteiger partial charge is 0.484 e. The number of aryl methyl sites for hydroxylation is 1. The second kappa shape index (κ2) is 10.7. The number of thiocarbonyl (C=S) groups is 1. The van der Waals surface area contributed by atoms with Crippen molar-refractivity contribution >= 4 is 45.1 Å². The lowest BCUT2D eigenvalue weighted by Gasteiger charge is -2.12. The van der Waals surface area contributed by atoms with Crippen LogP contribution >= 0.6 is 28.1 Å². The normalized spacial score (nSPS) is 10.1. The van der Waals surface area contributed by atoms with Crippen molar-refractivity contribution in [2.45, 2.75) is 6.92 Å². The first-order chi connectivity index (χ1) is 14.9. The zero-order valence-corrected chi connectivity index (χ0v) is 19.0. The summed E-state index contributed by atoms with van der Waals surface area (Å²) in [4.78, 5) is 24.3. The number of hydrazine groups is 1. The lowest BCUT2D eigenvalue weighted by atomic mass is 10.0. The second-order valence-corrected chi connectivity index (χ2v) is 7.86. The summed E-state index contributed by atoms with van der Waals surface area (Å²) < 4.78 is 6.39. The van der Waals surface area contributed by atoms with Crippen molar-refractivity contribution in [1.82, 2.24) is 16.2 Å². The van der Waals surface area contributed by atoms with Gasteiger partial charge < -0.3 is 4.74 Å². The molecular weight excluding hydrogens is 478 g/mol. The van der Waals surface area contributed by atoms with E-state index < -0.39 is 5.91 Å². The monoisotopic (exact) mass is 497 g/mol. The Morgan fingerprint density at radius 1 is 0.935 bits per heavy atom. The van der Waals surface area contributed by atoms with Crippen LogP contribution in [-0.4, -0.2) is 23.5 Å². The van der Waals surface area contributed by atoms with Gasteiger partial charge in [0.05, 0.1) is 0 Å². The molecule has 3 aromatic carbocycles. The molecule has 0 bridgehead atoms. The maximum atomic E-state index is 12.3. The van der Waals surface area contributed by atoms with Gasteiger partial charge in [-0.25, -0.2) is 0 Å². The van der Waals surface area contributed by atoms with Gasteiger partial charge in [0.25, 0.3) is 11.8 Å². The third-order valence-electron chi connectivity index (χ3n) is 4.30. The topological polar surface area (TPSA) is 79.5 Å². The minimum absolute atomic E-state index is 0.0232. The summed E-state index contributed by atoms with van der Waals surface area (Å²) in [5.41, 5.74) is 8.39. The molecular formula is C23H20BrN3O3S. The number of nitrogens with one attached hydrogen (secondary N) is 3. The van der Waals surface area contributed by atoms with Crippen molar-refractivity contribution in [1.29, 1.82) is 0 Å². The van der Waals surface area contributed by atoms with Crippen LogP contribution in [0.15, 0.2) is 77.3 Å². The van der Waals surface area contributed by atoms with Crippen LogP contribution in [0.1, 0.15) is 15.9 Å². The van der Waals surface area contributed by atoms with Gasteiger partial charge in [0, 0.05) is 10.0 Å². The fourth-order valence-electron chi connectivity index (χ4n) is 2.67. The number of halogens is 1. The number of carbonyl (C=O) groups is 2. The molecule has 0 radical (unpaired) electrons. The molecule has 158 valence electrons. The Balaban J connectivity index is 1.44. The van der Waals surface area contributed by atoms with E-state index in [0.717, 1.165) is 21.2 Å². The zero-order chi connectivity index (χ0) is 22.2. The first kappa shape index (κ1) is 22.5. The van der Waals surface area contributed by atoms with E-state index in [9.17, 15) is 9.59 Å². The Hall–Kier alpha value is -3.23. The molecule has 0 fully saturated rings. The molecule has 0 saturated heterocycles. The summed E-state index contributed by atoms with van der Waals surface area (Å²) >= 11 is 8.46. The number of ether oxygens (including phenoxy) is 1. The Morgan fingerprint density at radius 2 is 1.61 bits per heavy atom. The molecule has 0 atom stereocenters. The number of benzene rings is 3. The minimum Gasteiger partial charge on any atom is -0.484 e. The quantitative estimate of drug-likeness (QED) is 0.364. The Bertz CT molecular complexity index is 1090. The van der Waals surface area contributed by atoms with Crippen molar-refractivity contribution in [3.8, 4) is 16.9 Å². The highest BCUT2D eigenvalue weighted by molar-refractivity contribution is 9.10. The Kier molecular flexibility index (Phi) is 7.75. The summed E-state index contributed by atoms with van der Waals surface area (Å²) in [7, 11) is 0. The van der Waals surface area contributed by atoms with E-state index in [4.69, 9.17) is 17.0 Å². The van der Waals surface area contributed by atoms with Gasteiger partial charge in [-0.1, -0.05) is 58.4 Å². The van der Waals surface area contributed by atoms with Gasteiger partial charge in [0.15, 0.2) is 11.7 Å². The minimum atomic E-state index is -0.440. The standard InChI is InChI=1S/C23H20BrN3O3S/c1-15-13-19(11-12-20(15)24)30-14-21(28)26-27-23(31)25-22(29)18-9-7-17(8-10-18)16-5-3-2-4-6-16/h2-13H,14H2,1H3,(H,26,28)(H2,25,27,29,31). The van der Waals surface area contributed by atoms with Crippen molar-refractivity contribution < 1.29 is 14.3 Å². The molecule has 0 spiro atoms. The molecule has 0 aromatic heterocycles. The number of hydrogen-bond acceptors (Lipinski definition) is 4. The van der Waals surface area contributed by atoms with Crippen molar-refractivity contribution in [3.63, 3.8) is 0 Å². The van der Waals surface area contributed by atoms with Gasteiger partial charge in [-0.2, -0.15) is 0 Å². The van der Waals surface area contributed by atoms with E-state index >= 15 is 0 Å². The Morgan fingerprint density at radius 3 is 2.29 bits per heavy atom. The molecule has 0 aliphatic rings. The molecule has 3 aromatic rings. The van der Waals surface area contributed by atoms with Crippen LogP contribution in [0, 0.1) is 6.92 Å². The summed E-state index contributed by atoms with van der Waals surface area (Å²) in [6.07, 6.45) is 0. The molecule has 0 aliphatic carbocycles. The molecule has 0 aliphatic heterocycles. The van der Waals surface area contributed by atoms with Crippen LogP contribution in [0.3, 0.4) is 0 Å². The molecule has 6 nitrogen and oxygen atoms in total. The van der Waals surface area contributed by atoms with E-state index in [2.05, 4.69) is 32.1 Å². The van der Waals surface area contributed by atoms with Gasteiger partial charge in [-0.05, 0) is 66.2 Å². The number of hydrogen-bond donors (Lipinski definition) is 3. The Labute approximate surface area is 194 Å². The van der Waals surface area contributed by atoms with Crippen LogP contribution in [-0.2, 0) is 4.79 Å². The lowest BCUT2D eigenvalue weighted by molar-refractivity contribution is -0.123. The number of carbonyl (C=O) groups excluding carboxylic acids is 2. The summed E-state index contributed by atoms with van der Waals surface area (Å²) in [5, 5.41) is 2.50. The first-order valence-corrected chi connectivity index (χ1v) is 10.6. The van der Waals surface area contributed by atoms with Crippen LogP contribution in [0.2, 0.25) is 0 Å². The maximum absolute atomic E-state index is 12.3. The number of amides is 2. The summed E-state index contributed by atoms with van der Waals surface area (Å²) in [5.74, 6) is -0.247. The highest BCUT2D eigenvalue weighted by atomic mass is 79.9. The van der Waals surface area contributed by atoms with Gasteiger partial charge in [-0.3, -0.25) is 25.8 Å². The highest BCUT2D eigenvalue weighted by Crippen LogP contribution is 2.21. The zero-order valence-electron chi connectivity index (χ0n) is 16.6. The van der Waals surface area contributed by atoms with Crippen LogP contribution < -0.4 is 20.9 Å². The van der Waals surface area contributed by atoms with Gasteiger partial charge in [0.1, 0.15) is 5.75 Å². The molecule has 0 unspecified atom stereocenters. The fourth-order valence-corrected chi connectivity index (χ4v) is 3.06. The summed E-state index contributed by atoms with van der Waals surface area (Å²) in [6.45, 7) is 1.72. The maximum Gasteiger partial charge on any atom is 0.276 e. The summed E-state index contributed by atoms with van der Waals surface area (Å²) in [6, 6.07) is 22.4. The molecule has 8 heteroatoms. The van der Waals surface area contributed by atoms with Crippen LogP contribution in [0.25, 0.3) is 11.1 Å². The van der Waals surface area contributed by atoms with E-state index in [-0.39, 0.29) is 17.6 Å². The third-order valence-corrected chi connectivity index (χ3v) is 5.39. The molecule has 3 N–H and O–H groups in total. The van der Waals surface area contributed by atoms with E-state index in [1.807, 2.05) is 61.5 Å². The smallest absolute Gasteiger partial charge is 0.276 e. The van der Waals surface area contributed by atoms with E-state index in [0.29, 0.717) is 11.3 Å². The predicted octanol–water partition coefficient (Wildman–Crippen LogP) is 4.14. The average Bonchev–Trinajstić information content (AvgIpc) is 2.79. The van der Waals surface area contributed by atoms with Gasteiger partial charge in [-0.15, -0.1) is 0 Å². The molecule has 31 heavy (non-hydrogen) atoms. The van der Waals surface area contributed by atoms with Gasteiger partial charge >= 0.3 is 0 Å². The second-order valence-electron chi connectivity index (χ2n) is 6.60. The SMILES string of the molecule is Cc1cc(OCC(=O)NNC(=S)NC(=O)c2ccc(-c3ccccc3)cc2)ccc1Br. The molecule has 3 rings (SSSR count). The van der Waals surface area contributed by atoms with Crippen molar-refractivity contribution in [3.05, 3.63) is 88.4 Å². The number of rotatable bonds is 5. The first-order valence-electron chi connectivity index (χ1n) is 9.37. The molecule has 0 heterocycles. The lowest BCUT2D eigenvalue weighted by Crippen LogP contribution is -2.49. The third kappa shape index (κ3) is 6.63. The van der Waals surface area contributed by atoms with Crippen LogP contribution in [0.4, 0.5) is 0 Å². The highest BCUT2D eigenvalue weighted by Gasteiger charge is 2.10.